The normalized spacial score (nSPS) is 16.4. The molecule has 0 saturated carbocycles. The van der Waals surface area contributed by atoms with Gasteiger partial charge in [-0.3, -0.25) is 9.59 Å². The first-order chi connectivity index (χ1) is 16.8. The van der Waals surface area contributed by atoms with Crippen molar-refractivity contribution in [2.45, 2.75) is 39.2 Å². The Morgan fingerprint density at radius 2 is 1.63 bits per heavy atom. The van der Waals surface area contributed by atoms with Crippen molar-refractivity contribution in [3.8, 4) is 11.1 Å². The van der Waals surface area contributed by atoms with E-state index in [9.17, 15) is 19.5 Å². The molecule has 2 aromatic carbocycles. The molecule has 2 aromatic rings. The number of aliphatic carboxylic acids is 1. The van der Waals surface area contributed by atoms with Crippen LogP contribution in [-0.2, 0) is 14.3 Å². The number of likely N-dealkylation sites (tertiary alicyclic amines) is 1. The van der Waals surface area contributed by atoms with E-state index in [1.807, 2.05) is 44.2 Å². The first kappa shape index (κ1) is 24.5. The highest BCUT2D eigenvalue weighted by Gasteiger charge is 2.39. The SMILES string of the molecule is CC(C)=CCC(NC(=O)OCC1c2ccccc2-c2ccccc21)C(=O)N1CC(C(C)C(=O)O)C1. The third kappa shape index (κ3) is 5.24. The number of carboxylic acid groups (broad SMARTS) is 1. The molecular formula is C28H32N2O5. The third-order valence-corrected chi connectivity index (χ3v) is 7.01. The first-order valence-corrected chi connectivity index (χ1v) is 12.0. The van der Waals surface area contributed by atoms with Gasteiger partial charge >= 0.3 is 12.1 Å². The molecule has 1 heterocycles. The lowest BCUT2D eigenvalue weighted by Crippen LogP contribution is -2.58. The van der Waals surface area contributed by atoms with Crippen LogP contribution in [0.5, 0.6) is 0 Å². The van der Waals surface area contributed by atoms with E-state index < -0.39 is 24.0 Å². The van der Waals surface area contributed by atoms with Crippen molar-refractivity contribution in [3.63, 3.8) is 0 Å². The zero-order valence-electron chi connectivity index (χ0n) is 20.4. The van der Waals surface area contributed by atoms with E-state index in [0.717, 1.165) is 27.8 Å². The van der Waals surface area contributed by atoms with Crippen LogP contribution in [0.3, 0.4) is 0 Å². The average Bonchev–Trinajstić information content (AvgIpc) is 3.12. The third-order valence-electron chi connectivity index (χ3n) is 7.01. The van der Waals surface area contributed by atoms with E-state index in [1.165, 1.54) is 0 Å². The molecular weight excluding hydrogens is 444 g/mol. The Balaban J connectivity index is 1.39. The highest BCUT2D eigenvalue weighted by atomic mass is 16.5. The number of nitrogens with one attached hydrogen (secondary N) is 1. The Morgan fingerprint density at radius 1 is 1.06 bits per heavy atom. The molecule has 1 aliphatic carbocycles. The number of benzene rings is 2. The van der Waals surface area contributed by atoms with Crippen molar-refractivity contribution < 1.29 is 24.2 Å². The van der Waals surface area contributed by atoms with Crippen molar-refractivity contribution in [3.05, 3.63) is 71.3 Å². The van der Waals surface area contributed by atoms with Crippen molar-refractivity contribution in [1.82, 2.24) is 10.2 Å². The van der Waals surface area contributed by atoms with Gasteiger partial charge in [-0.05, 0) is 42.5 Å². The number of hydrogen-bond donors (Lipinski definition) is 2. The van der Waals surface area contributed by atoms with Gasteiger partial charge in [-0.2, -0.15) is 0 Å². The van der Waals surface area contributed by atoms with Crippen LogP contribution in [0.1, 0.15) is 44.2 Å². The molecule has 0 aromatic heterocycles. The molecule has 2 atom stereocenters. The van der Waals surface area contributed by atoms with Gasteiger partial charge in [0.25, 0.3) is 0 Å². The number of alkyl carbamates (subject to hydrolysis) is 1. The Bertz CT molecular complexity index is 1100. The summed E-state index contributed by atoms with van der Waals surface area (Å²) in [4.78, 5) is 38.7. The lowest BCUT2D eigenvalue weighted by molar-refractivity contribution is -0.151. The van der Waals surface area contributed by atoms with Crippen LogP contribution in [0.15, 0.2) is 60.2 Å². The standard InChI is InChI=1S/C28H32N2O5/c1-17(2)12-13-25(26(31)30-14-19(15-30)18(3)27(32)33)29-28(34)35-16-24-22-10-6-4-8-20(22)21-9-5-7-11-23(21)24/h4-12,18-19,24-25H,13-16H2,1-3H3,(H,29,34)(H,32,33). The quantitative estimate of drug-likeness (QED) is 0.550. The summed E-state index contributed by atoms with van der Waals surface area (Å²) in [7, 11) is 0. The summed E-state index contributed by atoms with van der Waals surface area (Å²) in [6, 6.07) is 15.5. The number of hydrogen-bond acceptors (Lipinski definition) is 4. The molecule has 2 N–H and O–H groups in total. The van der Waals surface area contributed by atoms with Gasteiger partial charge in [0.1, 0.15) is 12.6 Å². The van der Waals surface area contributed by atoms with E-state index in [4.69, 9.17) is 4.74 Å². The number of nitrogens with zero attached hydrogens (tertiary/aromatic N) is 1. The second-order valence-corrected chi connectivity index (χ2v) is 9.67. The summed E-state index contributed by atoms with van der Waals surface area (Å²) in [5.41, 5.74) is 5.59. The topological polar surface area (TPSA) is 95.9 Å². The zero-order valence-corrected chi connectivity index (χ0v) is 20.4. The summed E-state index contributed by atoms with van der Waals surface area (Å²) in [6.45, 7) is 6.45. The first-order valence-electron chi connectivity index (χ1n) is 12.0. The molecule has 7 nitrogen and oxygen atoms in total. The second kappa shape index (κ2) is 10.3. The Labute approximate surface area is 205 Å². The van der Waals surface area contributed by atoms with Crippen LogP contribution in [0.4, 0.5) is 4.79 Å². The fraction of sp³-hybridized carbons (Fsp3) is 0.393. The number of carbonyl (C=O) groups excluding carboxylic acids is 2. The van der Waals surface area contributed by atoms with Crippen LogP contribution in [-0.4, -0.2) is 53.7 Å². The molecule has 0 radical (unpaired) electrons. The van der Waals surface area contributed by atoms with Gasteiger partial charge in [0.2, 0.25) is 5.91 Å². The van der Waals surface area contributed by atoms with Gasteiger partial charge < -0.3 is 20.1 Å². The van der Waals surface area contributed by atoms with Crippen LogP contribution < -0.4 is 5.32 Å². The minimum atomic E-state index is -0.861. The monoisotopic (exact) mass is 476 g/mol. The van der Waals surface area contributed by atoms with Crippen molar-refractivity contribution in [2.24, 2.45) is 11.8 Å². The molecule has 35 heavy (non-hydrogen) atoms. The van der Waals surface area contributed by atoms with E-state index in [1.54, 1.807) is 11.8 Å². The highest BCUT2D eigenvalue weighted by molar-refractivity contribution is 5.87. The number of carbonyl (C=O) groups is 3. The molecule has 1 aliphatic heterocycles. The van der Waals surface area contributed by atoms with Crippen LogP contribution >= 0.6 is 0 Å². The molecule has 0 spiro atoms. The lowest BCUT2D eigenvalue weighted by Gasteiger charge is -2.42. The predicted molar refractivity (Wildman–Crippen MR) is 133 cm³/mol. The zero-order chi connectivity index (χ0) is 25.1. The van der Waals surface area contributed by atoms with Crippen molar-refractivity contribution in [2.75, 3.05) is 19.7 Å². The number of rotatable bonds is 8. The summed E-state index contributed by atoms with van der Waals surface area (Å²) >= 11 is 0. The highest BCUT2D eigenvalue weighted by Crippen LogP contribution is 2.44. The summed E-state index contributed by atoms with van der Waals surface area (Å²) in [5.74, 6) is -1.72. The predicted octanol–water partition coefficient (Wildman–Crippen LogP) is 4.43. The molecule has 1 fully saturated rings. The van der Waals surface area contributed by atoms with Gasteiger partial charge in [0.05, 0.1) is 5.92 Å². The lowest BCUT2D eigenvalue weighted by atomic mass is 9.86. The van der Waals surface area contributed by atoms with Crippen LogP contribution in [0.25, 0.3) is 11.1 Å². The van der Waals surface area contributed by atoms with E-state index >= 15 is 0 Å². The molecule has 184 valence electrons. The van der Waals surface area contributed by atoms with Crippen molar-refractivity contribution >= 4 is 18.0 Å². The molecule has 1 saturated heterocycles. The van der Waals surface area contributed by atoms with E-state index in [2.05, 4.69) is 29.6 Å². The van der Waals surface area contributed by atoms with Gasteiger partial charge in [-0.15, -0.1) is 0 Å². The van der Waals surface area contributed by atoms with Gasteiger partial charge in [0, 0.05) is 24.9 Å². The fourth-order valence-electron chi connectivity index (χ4n) is 4.79. The molecule has 4 rings (SSSR count). The van der Waals surface area contributed by atoms with E-state index in [0.29, 0.717) is 19.5 Å². The Morgan fingerprint density at radius 3 is 2.17 bits per heavy atom. The number of allylic oxidation sites excluding steroid dienone is 1. The summed E-state index contributed by atoms with van der Waals surface area (Å²) in [6.07, 6.45) is 1.62. The van der Waals surface area contributed by atoms with Crippen LogP contribution in [0, 0.1) is 11.8 Å². The maximum Gasteiger partial charge on any atom is 0.407 e. The minimum Gasteiger partial charge on any atom is -0.481 e. The molecule has 7 heteroatoms. The largest absolute Gasteiger partial charge is 0.481 e. The Kier molecular flexibility index (Phi) is 7.24. The molecule has 0 bridgehead atoms. The number of carboxylic acids is 1. The Hall–Kier alpha value is -3.61. The maximum absolute atomic E-state index is 13.1. The van der Waals surface area contributed by atoms with Gasteiger partial charge in [0.15, 0.2) is 0 Å². The number of fused-ring (bicyclic) bond motifs is 3. The molecule has 2 unspecified atom stereocenters. The fourth-order valence-corrected chi connectivity index (χ4v) is 4.79. The van der Waals surface area contributed by atoms with Crippen LogP contribution in [0.2, 0.25) is 0 Å². The number of ether oxygens (including phenoxy) is 1. The summed E-state index contributed by atoms with van der Waals surface area (Å²) in [5, 5.41) is 11.9. The number of amides is 2. The maximum atomic E-state index is 13.1. The molecule has 2 aliphatic rings. The second-order valence-electron chi connectivity index (χ2n) is 9.67. The summed E-state index contributed by atoms with van der Waals surface area (Å²) < 4.78 is 5.63. The average molecular weight is 477 g/mol. The van der Waals surface area contributed by atoms with Crippen molar-refractivity contribution in [1.29, 1.82) is 0 Å². The smallest absolute Gasteiger partial charge is 0.407 e. The molecule has 2 amide bonds. The van der Waals surface area contributed by atoms with Gasteiger partial charge in [-0.25, -0.2) is 4.79 Å². The minimum absolute atomic E-state index is 0.0614. The van der Waals surface area contributed by atoms with E-state index in [-0.39, 0.29) is 24.3 Å². The van der Waals surface area contributed by atoms with Gasteiger partial charge in [-0.1, -0.05) is 67.1 Å².